The Bertz CT molecular complexity index is 735. The molecule has 0 aliphatic carbocycles. The number of unbranched alkanes of at least 4 members (excludes halogenated alkanes) is 5. The highest BCUT2D eigenvalue weighted by Crippen LogP contribution is 2.33. The van der Waals surface area contributed by atoms with Crippen molar-refractivity contribution < 1.29 is 19.0 Å². The second kappa shape index (κ2) is 14.6. The normalized spacial score (nSPS) is 12.0. The van der Waals surface area contributed by atoms with Crippen LogP contribution in [-0.4, -0.2) is 31.5 Å². The summed E-state index contributed by atoms with van der Waals surface area (Å²) in [6, 6.07) is 5.95. The average molecular weight is 447 g/mol. The summed E-state index contributed by atoms with van der Waals surface area (Å²) in [6.07, 6.45) is 8.41. The van der Waals surface area contributed by atoms with Crippen LogP contribution >= 0.6 is 0 Å². The number of alkyl carbamates (subject to hydrolysis) is 1. The van der Waals surface area contributed by atoms with E-state index in [4.69, 9.17) is 19.5 Å². The van der Waals surface area contributed by atoms with Crippen molar-refractivity contribution in [1.29, 1.82) is 5.26 Å². The molecular formula is C26H42N2O4. The van der Waals surface area contributed by atoms with E-state index in [1.165, 1.54) is 32.1 Å². The number of nitrogens with zero attached hydrogens (tertiary/aromatic N) is 1. The fourth-order valence-electron chi connectivity index (χ4n) is 3.50. The molecule has 6 heteroatoms. The quantitative estimate of drug-likeness (QED) is 0.331. The van der Waals surface area contributed by atoms with Crippen molar-refractivity contribution in [3.05, 3.63) is 23.3 Å². The van der Waals surface area contributed by atoms with E-state index in [0.717, 1.165) is 29.0 Å². The lowest BCUT2D eigenvalue weighted by Gasteiger charge is -2.23. The fourth-order valence-corrected chi connectivity index (χ4v) is 3.50. The van der Waals surface area contributed by atoms with Crippen molar-refractivity contribution in [2.75, 3.05) is 13.7 Å². The molecule has 1 aromatic rings. The third kappa shape index (κ3) is 11.3. The van der Waals surface area contributed by atoms with Crippen LogP contribution in [0.1, 0.15) is 90.2 Å². The minimum atomic E-state index is -0.572. The molecule has 32 heavy (non-hydrogen) atoms. The van der Waals surface area contributed by atoms with E-state index >= 15 is 0 Å². The minimum Gasteiger partial charge on any atom is -0.493 e. The molecule has 0 fully saturated rings. The maximum atomic E-state index is 12.1. The molecule has 180 valence electrons. The zero-order chi connectivity index (χ0) is 24.0. The number of amides is 1. The smallest absolute Gasteiger partial charge is 0.407 e. The van der Waals surface area contributed by atoms with Crippen molar-refractivity contribution in [1.82, 2.24) is 5.32 Å². The first-order valence-electron chi connectivity index (χ1n) is 11.9. The number of carbonyl (C=O) groups is 1. The highest BCUT2D eigenvalue weighted by atomic mass is 16.6. The van der Waals surface area contributed by atoms with Gasteiger partial charge < -0.3 is 19.5 Å². The summed E-state index contributed by atoms with van der Waals surface area (Å²) in [5.74, 6) is 1.52. The second-order valence-electron chi connectivity index (χ2n) is 9.30. The van der Waals surface area contributed by atoms with Gasteiger partial charge in [-0.15, -0.1) is 0 Å². The van der Waals surface area contributed by atoms with Gasteiger partial charge in [0.25, 0.3) is 0 Å². The van der Waals surface area contributed by atoms with Gasteiger partial charge in [0.15, 0.2) is 11.5 Å². The number of ether oxygens (including phenoxy) is 3. The molecule has 1 rings (SSSR count). The Labute approximate surface area is 194 Å². The lowest BCUT2D eigenvalue weighted by Crippen LogP contribution is -2.39. The number of nitriles is 1. The van der Waals surface area contributed by atoms with Crippen LogP contribution in [0.25, 0.3) is 0 Å². The number of hydrogen-bond acceptors (Lipinski definition) is 5. The minimum absolute atomic E-state index is 0.231. The Morgan fingerprint density at radius 3 is 2.47 bits per heavy atom. The van der Waals surface area contributed by atoms with Gasteiger partial charge >= 0.3 is 6.09 Å². The van der Waals surface area contributed by atoms with Crippen molar-refractivity contribution in [3.8, 4) is 17.6 Å². The summed E-state index contributed by atoms with van der Waals surface area (Å²) in [5.41, 5.74) is 1.54. The van der Waals surface area contributed by atoms with Crippen molar-refractivity contribution >= 4 is 6.09 Å². The molecule has 6 nitrogen and oxygen atoms in total. The van der Waals surface area contributed by atoms with Crippen LogP contribution in [0.15, 0.2) is 12.1 Å². The number of methoxy groups -OCH3 is 1. The van der Waals surface area contributed by atoms with Gasteiger partial charge in [-0.2, -0.15) is 5.26 Å². The van der Waals surface area contributed by atoms with Crippen molar-refractivity contribution in [2.24, 2.45) is 0 Å². The van der Waals surface area contributed by atoms with Crippen LogP contribution in [-0.2, 0) is 11.2 Å². The Hall–Kier alpha value is -2.42. The lowest BCUT2D eigenvalue weighted by molar-refractivity contribution is 0.0503. The van der Waals surface area contributed by atoms with Crippen LogP contribution in [0.2, 0.25) is 0 Å². The molecule has 0 bridgehead atoms. The van der Waals surface area contributed by atoms with E-state index in [1.54, 1.807) is 7.11 Å². The highest BCUT2D eigenvalue weighted by Gasteiger charge is 2.20. The standard InChI is InChI=1S/C26H42N2O4/c1-7-8-9-10-11-12-17-31-24-20(2)18-21(19-23(24)30-6)13-14-22(15-16-27)28-25(29)32-26(3,4)5/h18-19,22H,7-15,17H2,1-6H3,(H,28,29). The first-order chi connectivity index (χ1) is 15.2. The van der Waals surface area contributed by atoms with Gasteiger partial charge in [0, 0.05) is 6.04 Å². The summed E-state index contributed by atoms with van der Waals surface area (Å²) >= 11 is 0. The fraction of sp³-hybridized carbons (Fsp3) is 0.692. The number of hydrogen-bond donors (Lipinski definition) is 1. The number of rotatable bonds is 14. The van der Waals surface area contributed by atoms with Gasteiger partial charge in [-0.1, -0.05) is 45.1 Å². The van der Waals surface area contributed by atoms with Crippen LogP contribution in [0.3, 0.4) is 0 Å². The molecule has 0 saturated heterocycles. The summed E-state index contributed by atoms with van der Waals surface area (Å²) in [5, 5.41) is 11.9. The van der Waals surface area contributed by atoms with Crippen LogP contribution in [0.4, 0.5) is 4.79 Å². The molecule has 0 aliphatic heterocycles. The second-order valence-corrected chi connectivity index (χ2v) is 9.30. The summed E-state index contributed by atoms with van der Waals surface area (Å²) in [4.78, 5) is 12.1. The lowest BCUT2D eigenvalue weighted by atomic mass is 10.0. The SMILES string of the molecule is CCCCCCCCOc1c(C)cc(CCC(CC#N)NC(=O)OC(C)(C)C)cc1OC. The van der Waals surface area contributed by atoms with Gasteiger partial charge in [0.2, 0.25) is 0 Å². The van der Waals surface area contributed by atoms with Gasteiger partial charge in [-0.25, -0.2) is 4.79 Å². The first kappa shape index (κ1) is 27.6. The van der Waals surface area contributed by atoms with Gasteiger partial charge in [-0.05, 0) is 64.2 Å². The van der Waals surface area contributed by atoms with E-state index in [0.29, 0.717) is 19.4 Å². The molecule has 1 unspecified atom stereocenters. The number of benzene rings is 1. The number of aryl methyl sites for hydroxylation is 2. The number of carbonyl (C=O) groups excluding carboxylic acids is 1. The number of nitrogens with one attached hydrogen (secondary N) is 1. The van der Waals surface area contributed by atoms with E-state index < -0.39 is 11.7 Å². The average Bonchev–Trinajstić information content (AvgIpc) is 2.71. The molecule has 1 aromatic carbocycles. The van der Waals surface area contributed by atoms with Gasteiger partial charge in [0.05, 0.1) is 26.2 Å². The largest absolute Gasteiger partial charge is 0.493 e. The Morgan fingerprint density at radius 2 is 1.84 bits per heavy atom. The molecule has 1 amide bonds. The third-order valence-electron chi connectivity index (χ3n) is 5.10. The van der Waals surface area contributed by atoms with Crippen LogP contribution in [0.5, 0.6) is 11.5 Å². The van der Waals surface area contributed by atoms with Crippen LogP contribution in [0, 0.1) is 18.3 Å². The molecule has 0 aliphatic rings. The van der Waals surface area contributed by atoms with Gasteiger partial charge in [-0.3, -0.25) is 0 Å². The summed E-state index contributed by atoms with van der Waals surface area (Å²) in [7, 11) is 1.65. The third-order valence-corrected chi connectivity index (χ3v) is 5.10. The van der Waals surface area contributed by atoms with Crippen molar-refractivity contribution in [3.63, 3.8) is 0 Å². The predicted octanol–water partition coefficient (Wildman–Crippen LogP) is 6.48. The molecule has 0 radical (unpaired) electrons. The van der Waals surface area contributed by atoms with E-state index in [1.807, 2.05) is 33.8 Å². The zero-order valence-corrected chi connectivity index (χ0v) is 20.9. The topological polar surface area (TPSA) is 80.6 Å². The molecular weight excluding hydrogens is 404 g/mol. The Kier molecular flexibility index (Phi) is 12.6. The molecule has 1 N–H and O–H groups in total. The van der Waals surface area contributed by atoms with Gasteiger partial charge in [0.1, 0.15) is 5.60 Å². The monoisotopic (exact) mass is 446 g/mol. The maximum Gasteiger partial charge on any atom is 0.407 e. The van der Waals surface area contributed by atoms with Crippen LogP contribution < -0.4 is 14.8 Å². The molecule has 0 saturated carbocycles. The highest BCUT2D eigenvalue weighted by molar-refractivity contribution is 5.68. The molecule has 0 heterocycles. The van der Waals surface area contributed by atoms with Crippen molar-refractivity contribution in [2.45, 2.75) is 104 Å². The molecule has 0 aromatic heterocycles. The summed E-state index contributed by atoms with van der Waals surface area (Å²) < 4.78 is 16.9. The van der Waals surface area contributed by atoms with E-state index in [2.05, 4.69) is 24.4 Å². The first-order valence-corrected chi connectivity index (χ1v) is 11.9. The molecule has 1 atom stereocenters. The summed E-state index contributed by atoms with van der Waals surface area (Å²) in [6.45, 7) is 10.4. The zero-order valence-electron chi connectivity index (χ0n) is 20.9. The van der Waals surface area contributed by atoms with E-state index in [-0.39, 0.29) is 12.5 Å². The Balaban J connectivity index is 2.65. The predicted molar refractivity (Wildman–Crippen MR) is 128 cm³/mol. The maximum absolute atomic E-state index is 12.1. The van der Waals surface area contributed by atoms with E-state index in [9.17, 15) is 4.79 Å². The Morgan fingerprint density at radius 1 is 1.16 bits per heavy atom. The molecule has 0 spiro atoms.